The zero-order valence-corrected chi connectivity index (χ0v) is 12.5. The molecule has 1 N–H and O–H groups in total. The molecule has 1 atom stereocenters. The van der Waals surface area contributed by atoms with Gasteiger partial charge in [-0.2, -0.15) is 0 Å². The van der Waals surface area contributed by atoms with E-state index >= 15 is 0 Å². The molecule has 0 bridgehead atoms. The standard InChI is InChI=1S/C15H21NO4/c1-10(2)20-13-8-6-12(7-9-13)15(4,14(18)19)16(5)11(3)17/h6-10H,1-5H3,(H,18,19). The smallest absolute Gasteiger partial charge is 0.334 e. The number of benzene rings is 1. The number of carbonyl (C=O) groups excluding carboxylic acids is 1. The molecule has 0 aromatic heterocycles. The molecule has 5 heteroatoms. The minimum absolute atomic E-state index is 0.0478. The van der Waals surface area contributed by atoms with E-state index in [1.807, 2.05) is 13.8 Å². The Morgan fingerprint density at radius 3 is 2.10 bits per heavy atom. The van der Waals surface area contributed by atoms with E-state index < -0.39 is 11.5 Å². The maximum atomic E-state index is 11.6. The molecule has 0 heterocycles. The summed E-state index contributed by atoms with van der Waals surface area (Å²) in [5.74, 6) is -0.716. The van der Waals surface area contributed by atoms with Crippen molar-refractivity contribution in [3.8, 4) is 5.75 Å². The van der Waals surface area contributed by atoms with Crippen molar-refractivity contribution in [2.45, 2.75) is 39.3 Å². The molecule has 5 nitrogen and oxygen atoms in total. The van der Waals surface area contributed by atoms with Gasteiger partial charge in [-0.1, -0.05) is 12.1 Å². The molecule has 0 aliphatic heterocycles. The summed E-state index contributed by atoms with van der Waals surface area (Å²) in [7, 11) is 1.48. The molecule has 0 radical (unpaired) electrons. The molecule has 1 amide bonds. The van der Waals surface area contributed by atoms with Crippen molar-refractivity contribution < 1.29 is 19.4 Å². The molecule has 0 saturated carbocycles. The van der Waals surface area contributed by atoms with E-state index in [1.165, 1.54) is 25.8 Å². The van der Waals surface area contributed by atoms with Gasteiger partial charge in [-0.05, 0) is 38.5 Å². The second kappa shape index (κ2) is 5.94. The zero-order chi connectivity index (χ0) is 15.5. The molecule has 1 aromatic rings. The van der Waals surface area contributed by atoms with Crippen molar-refractivity contribution in [2.75, 3.05) is 7.05 Å². The number of ether oxygens (including phenoxy) is 1. The first-order valence-corrected chi connectivity index (χ1v) is 6.44. The molecule has 20 heavy (non-hydrogen) atoms. The lowest BCUT2D eigenvalue weighted by atomic mass is 9.90. The average Bonchev–Trinajstić information content (AvgIpc) is 2.36. The van der Waals surface area contributed by atoms with E-state index in [1.54, 1.807) is 24.3 Å². The fourth-order valence-corrected chi connectivity index (χ4v) is 1.91. The molecular weight excluding hydrogens is 258 g/mol. The number of carboxylic acid groups (broad SMARTS) is 1. The lowest BCUT2D eigenvalue weighted by Gasteiger charge is -2.34. The third kappa shape index (κ3) is 3.10. The molecule has 1 aromatic carbocycles. The summed E-state index contributed by atoms with van der Waals surface area (Å²) in [6.45, 7) is 6.68. The number of carbonyl (C=O) groups is 2. The van der Waals surface area contributed by atoms with Gasteiger partial charge < -0.3 is 14.7 Å². The Morgan fingerprint density at radius 1 is 1.25 bits per heavy atom. The molecule has 0 aliphatic carbocycles. The summed E-state index contributed by atoms with van der Waals surface area (Å²) in [6.07, 6.45) is 0.0478. The number of carboxylic acids is 1. The average molecular weight is 279 g/mol. The summed E-state index contributed by atoms with van der Waals surface area (Å²) in [4.78, 5) is 24.3. The molecule has 0 aliphatic rings. The quantitative estimate of drug-likeness (QED) is 0.897. The second-order valence-electron chi connectivity index (χ2n) is 5.15. The lowest BCUT2D eigenvalue weighted by molar-refractivity contribution is -0.156. The Kier molecular flexibility index (Phi) is 4.76. The van der Waals surface area contributed by atoms with Crippen molar-refractivity contribution in [2.24, 2.45) is 0 Å². The summed E-state index contributed by atoms with van der Waals surface area (Å²) in [5.41, 5.74) is -0.874. The van der Waals surface area contributed by atoms with Crippen molar-refractivity contribution in [1.82, 2.24) is 4.90 Å². The number of hydrogen-bond acceptors (Lipinski definition) is 3. The van der Waals surface area contributed by atoms with E-state index in [9.17, 15) is 14.7 Å². The first-order chi connectivity index (χ1) is 9.19. The van der Waals surface area contributed by atoms with Gasteiger partial charge in [-0.3, -0.25) is 4.79 Å². The van der Waals surface area contributed by atoms with Gasteiger partial charge in [-0.15, -0.1) is 0 Å². The van der Waals surface area contributed by atoms with Crippen LogP contribution in [0.2, 0.25) is 0 Å². The number of nitrogens with zero attached hydrogens (tertiary/aromatic N) is 1. The van der Waals surface area contributed by atoms with Crippen molar-refractivity contribution in [3.63, 3.8) is 0 Å². The first-order valence-electron chi connectivity index (χ1n) is 6.44. The van der Waals surface area contributed by atoms with Crippen LogP contribution >= 0.6 is 0 Å². The fourth-order valence-electron chi connectivity index (χ4n) is 1.91. The van der Waals surface area contributed by atoms with Gasteiger partial charge >= 0.3 is 5.97 Å². The van der Waals surface area contributed by atoms with Crippen molar-refractivity contribution in [3.05, 3.63) is 29.8 Å². The van der Waals surface area contributed by atoms with Crippen molar-refractivity contribution >= 4 is 11.9 Å². The normalized spacial score (nSPS) is 13.7. The maximum absolute atomic E-state index is 11.6. The first kappa shape index (κ1) is 16.0. The van der Waals surface area contributed by atoms with Crippen LogP contribution in [0.3, 0.4) is 0 Å². The minimum Gasteiger partial charge on any atom is -0.491 e. The molecule has 110 valence electrons. The van der Waals surface area contributed by atoms with Crippen LogP contribution in [0.15, 0.2) is 24.3 Å². The van der Waals surface area contributed by atoms with Crippen LogP contribution in [0.5, 0.6) is 5.75 Å². The second-order valence-corrected chi connectivity index (χ2v) is 5.15. The van der Waals surface area contributed by atoms with E-state index in [0.717, 1.165) is 0 Å². The van der Waals surface area contributed by atoms with Gasteiger partial charge in [0.05, 0.1) is 6.10 Å². The summed E-state index contributed by atoms with van der Waals surface area (Å²) in [5, 5.41) is 9.49. The van der Waals surface area contributed by atoms with Crippen LogP contribution in [0.1, 0.15) is 33.3 Å². The lowest BCUT2D eigenvalue weighted by Crippen LogP contribution is -2.49. The third-order valence-corrected chi connectivity index (χ3v) is 3.35. The predicted octanol–water partition coefficient (Wildman–Crippen LogP) is 2.25. The Bertz CT molecular complexity index is 495. The van der Waals surface area contributed by atoms with E-state index in [4.69, 9.17) is 4.74 Å². The van der Waals surface area contributed by atoms with Crippen molar-refractivity contribution in [1.29, 1.82) is 0 Å². The van der Waals surface area contributed by atoms with Crippen LogP contribution in [0.4, 0.5) is 0 Å². The van der Waals surface area contributed by atoms with Gasteiger partial charge in [0.1, 0.15) is 5.75 Å². The molecular formula is C15H21NO4. The van der Waals surface area contributed by atoms with E-state index in [-0.39, 0.29) is 12.0 Å². The number of rotatable bonds is 5. The summed E-state index contributed by atoms with van der Waals surface area (Å²) in [6, 6.07) is 6.77. The van der Waals surface area contributed by atoms with Gasteiger partial charge in [0.2, 0.25) is 5.91 Å². The summed E-state index contributed by atoms with van der Waals surface area (Å²) >= 11 is 0. The third-order valence-electron chi connectivity index (χ3n) is 3.35. The Morgan fingerprint density at radius 2 is 1.75 bits per heavy atom. The topological polar surface area (TPSA) is 66.8 Å². The Balaban J connectivity index is 3.17. The number of amides is 1. The molecule has 0 fully saturated rings. The monoisotopic (exact) mass is 279 g/mol. The highest BCUT2D eigenvalue weighted by Crippen LogP contribution is 2.29. The number of likely N-dealkylation sites (N-methyl/N-ethyl adjacent to an activating group) is 1. The highest BCUT2D eigenvalue weighted by Gasteiger charge is 2.40. The summed E-state index contributed by atoms with van der Waals surface area (Å²) < 4.78 is 5.52. The number of hydrogen-bond donors (Lipinski definition) is 1. The molecule has 0 spiro atoms. The zero-order valence-electron chi connectivity index (χ0n) is 12.5. The van der Waals surface area contributed by atoms with Gasteiger partial charge in [0, 0.05) is 14.0 Å². The fraction of sp³-hybridized carbons (Fsp3) is 0.467. The van der Waals surface area contributed by atoms with Gasteiger partial charge in [0.25, 0.3) is 0 Å². The van der Waals surface area contributed by atoms with Crippen LogP contribution in [-0.2, 0) is 15.1 Å². The van der Waals surface area contributed by atoms with E-state index in [0.29, 0.717) is 11.3 Å². The largest absolute Gasteiger partial charge is 0.491 e. The van der Waals surface area contributed by atoms with Crippen LogP contribution in [0, 0.1) is 0 Å². The predicted molar refractivity (Wildman–Crippen MR) is 75.6 cm³/mol. The molecule has 1 unspecified atom stereocenters. The molecule has 0 saturated heterocycles. The van der Waals surface area contributed by atoms with Crippen LogP contribution in [0.25, 0.3) is 0 Å². The van der Waals surface area contributed by atoms with Crippen LogP contribution < -0.4 is 4.74 Å². The molecule has 1 rings (SSSR count). The van der Waals surface area contributed by atoms with Crippen LogP contribution in [-0.4, -0.2) is 35.0 Å². The van der Waals surface area contributed by atoms with Gasteiger partial charge in [0.15, 0.2) is 5.54 Å². The SMILES string of the molecule is CC(=O)N(C)C(C)(C(=O)O)c1ccc(OC(C)C)cc1. The Labute approximate surface area is 119 Å². The highest BCUT2D eigenvalue weighted by atomic mass is 16.5. The highest BCUT2D eigenvalue weighted by molar-refractivity contribution is 5.86. The number of aliphatic carboxylic acids is 1. The minimum atomic E-state index is -1.40. The van der Waals surface area contributed by atoms with Gasteiger partial charge in [-0.25, -0.2) is 4.79 Å². The van der Waals surface area contributed by atoms with E-state index in [2.05, 4.69) is 0 Å². The maximum Gasteiger partial charge on any atom is 0.334 e. The Hall–Kier alpha value is -2.04.